The quantitative estimate of drug-likeness (QED) is 0.807. The van der Waals surface area contributed by atoms with Gasteiger partial charge in [-0.1, -0.05) is 12.1 Å². The normalized spacial score (nSPS) is 11.8. The molecule has 1 aromatic rings. The third-order valence-corrected chi connectivity index (χ3v) is 3.11. The SMILES string of the molecule is CSCC(C)NCc1cccc(OCC#N)c1. The first-order valence-corrected chi connectivity index (χ1v) is 6.96. The number of hydrogen-bond donors (Lipinski definition) is 1. The van der Waals surface area contributed by atoms with Crippen molar-refractivity contribution < 1.29 is 4.74 Å². The summed E-state index contributed by atoms with van der Waals surface area (Å²) in [4.78, 5) is 0. The van der Waals surface area contributed by atoms with Crippen molar-refractivity contribution in [2.24, 2.45) is 0 Å². The molecule has 0 aromatic heterocycles. The molecule has 1 rings (SSSR count). The lowest BCUT2D eigenvalue weighted by atomic mass is 10.2. The first-order valence-electron chi connectivity index (χ1n) is 5.57. The molecule has 3 nitrogen and oxygen atoms in total. The monoisotopic (exact) mass is 250 g/mol. The number of nitrogens with zero attached hydrogens (tertiary/aromatic N) is 1. The van der Waals surface area contributed by atoms with Crippen molar-refractivity contribution in [3.05, 3.63) is 29.8 Å². The van der Waals surface area contributed by atoms with Gasteiger partial charge in [0.2, 0.25) is 0 Å². The molecule has 0 saturated carbocycles. The van der Waals surface area contributed by atoms with E-state index in [0.29, 0.717) is 6.04 Å². The summed E-state index contributed by atoms with van der Waals surface area (Å²) >= 11 is 1.84. The Morgan fingerprint density at radius 3 is 3.06 bits per heavy atom. The zero-order valence-electron chi connectivity index (χ0n) is 10.3. The van der Waals surface area contributed by atoms with E-state index in [1.54, 1.807) is 0 Å². The molecular formula is C13H18N2OS. The highest BCUT2D eigenvalue weighted by Crippen LogP contribution is 2.13. The van der Waals surface area contributed by atoms with E-state index >= 15 is 0 Å². The minimum atomic E-state index is 0.0970. The van der Waals surface area contributed by atoms with Gasteiger partial charge in [-0.05, 0) is 30.9 Å². The largest absolute Gasteiger partial charge is 0.479 e. The van der Waals surface area contributed by atoms with Gasteiger partial charge in [0.1, 0.15) is 11.8 Å². The molecule has 0 spiro atoms. The Kier molecular flexibility index (Phi) is 6.53. The molecule has 1 N–H and O–H groups in total. The van der Waals surface area contributed by atoms with Crippen molar-refractivity contribution >= 4 is 11.8 Å². The van der Waals surface area contributed by atoms with Crippen LogP contribution in [0.25, 0.3) is 0 Å². The van der Waals surface area contributed by atoms with E-state index in [1.165, 1.54) is 5.56 Å². The molecule has 1 unspecified atom stereocenters. The van der Waals surface area contributed by atoms with Crippen LogP contribution in [0.4, 0.5) is 0 Å². The molecule has 0 aliphatic rings. The number of nitrogens with one attached hydrogen (secondary N) is 1. The van der Waals surface area contributed by atoms with Gasteiger partial charge >= 0.3 is 0 Å². The van der Waals surface area contributed by atoms with E-state index in [2.05, 4.69) is 24.6 Å². The Bertz CT molecular complexity index is 376. The van der Waals surface area contributed by atoms with Crippen molar-refractivity contribution in [2.45, 2.75) is 19.5 Å². The average Bonchev–Trinajstić information content (AvgIpc) is 2.35. The van der Waals surface area contributed by atoms with Crippen molar-refractivity contribution in [3.63, 3.8) is 0 Å². The fourth-order valence-corrected chi connectivity index (χ4v) is 2.08. The Labute approximate surface area is 107 Å². The summed E-state index contributed by atoms with van der Waals surface area (Å²) in [5, 5.41) is 11.9. The van der Waals surface area contributed by atoms with Crippen LogP contribution in [0.5, 0.6) is 5.75 Å². The van der Waals surface area contributed by atoms with Gasteiger partial charge in [-0.3, -0.25) is 0 Å². The van der Waals surface area contributed by atoms with Crippen LogP contribution in [-0.2, 0) is 6.54 Å². The van der Waals surface area contributed by atoms with E-state index in [4.69, 9.17) is 10.00 Å². The Morgan fingerprint density at radius 1 is 1.53 bits per heavy atom. The predicted molar refractivity (Wildman–Crippen MR) is 72.2 cm³/mol. The molecule has 0 aliphatic heterocycles. The second-order valence-corrected chi connectivity index (χ2v) is 4.74. The summed E-state index contributed by atoms with van der Waals surface area (Å²) in [6.45, 7) is 3.10. The van der Waals surface area contributed by atoms with E-state index in [0.717, 1.165) is 18.0 Å². The molecule has 1 aromatic carbocycles. The third kappa shape index (κ3) is 5.62. The molecule has 0 amide bonds. The molecule has 0 radical (unpaired) electrons. The van der Waals surface area contributed by atoms with Crippen LogP contribution in [0.15, 0.2) is 24.3 Å². The van der Waals surface area contributed by atoms with Gasteiger partial charge in [-0.15, -0.1) is 0 Å². The van der Waals surface area contributed by atoms with Gasteiger partial charge in [0, 0.05) is 18.3 Å². The fourth-order valence-electron chi connectivity index (χ4n) is 1.46. The van der Waals surface area contributed by atoms with Crippen LogP contribution >= 0.6 is 11.8 Å². The van der Waals surface area contributed by atoms with Crippen LogP contribution in [-0.4, -0.2) is 24.7 Å². The molecular weight excluding hydrogens is 232 g/mol. The third-order valence-electron chi connectivity index (χ3n) is 2.27. The number of ether oxygens (including phenoxy) is 1. The summed E-state index contributed by atoms with van der Waals surface area (Å²) < 4.78 is 5.26. The topological polar surface area (TPSA) is 45.0 Å². The van der Waals surface area contributed by atoms with Crippen molar-refractivity contribution in [1.82, 2.24) is 5.32 Å². The van der Waals surface area contributed by atoms with Crippen molar-refractivity contribution in [1.29, 1.82) is 5.26 Å². The van der Waals surface area contributed by atoms with Gasteiger partial charge in [0.05, 0.1) is 0 Å². The minimum Gasteiger partial charge on any atom is -0.479 e. The number of benzene rings is 1. The molecule has 0 saturated heterocycles. The fraction of sp³-hybridized carbons (Fsp3) is 0.462. The summed E-state index contributed by atoms with van der Waals surface area (Å²) in [7, 11) is 0. The van der Waals surface area contributed by atoms with Crippen LogP contribution in [0.2, 0.25) is 0 Å². The highest BCUT2D eigenvalue weighted by atomic mass is 32.2. The summed E-state index contributed by atoms with van der Waals surface area (Å²) in [5.74, 6) is 1.85. The maximum Gasteiger partial charge on any atom is 0.174 e. The first-order chi connectivity index (χ1) is 8.26. The highest BCUT2D eigenvalue weighted by molar-refractivity contribution is 7.98. The molecule has 0 fully saturated rings. The first kappa shape index (κ1) is 13.9. The standard InChI is InChI=1S/C13H18N2OS/c1-11(10-17-2)15-9-12-4-3-5-13(8-12)16-7-6-14/h3-5,8,11,15H,7,9-10H2,1-2H3. The number of thioether (sulfide) groups is 1. The number of rotatable bonds is 7. The van der Waals surface area contributed by atoms with Gasteiger partial charge in [-0.2, -0.15) is 17.0 Å². The lowest BCUT2D eigenvalue weighted by Gasteiger charge is -2.12. The Balaban J connectivity index is 2.45. The van der Waals surface area contributed by atoms with Crippen LogP contribution in [0.3, 0.4) is 0 Å². The Morgan fingerprint density at radius 2 is 2.35 bits per heavy atom. The highest BCUT2D eigenvalue weighted by Gasteiger charge is 2.01. The van der Waals surface area contributed by atoms with Gasteiger partial charge in [0.25, 0.3) is 0 Å². The van der Waals surface area contributed by atoms with E-state index in [-0.39, 0.29) is 6.61 Å². The molecule has 1 atom stereocenters. The molecule has 0 heterocycles. The number of nitriles is 1. The van der Waals surface area contributed by atoms with Gasteiger partial charge in [0.15, 0.2) is 6.61 Å². The lowest BCUT2D eigenvalue weighted by molar-refractivity contribution is 0.367. The smallest absolute Gasteiger partial charge is 0.174 e. The van der Waals surface area contributed by atoms with E-state index in [9.17, 15) is 0 Å². The molecule has 0 bridgehead atoms. The zero-order chi connectivity index (χ0) is 12.5. The zero-order valence-corrected chi connectivity index (χ0v) is 11.1. The predicted octanol–water partition coefficient (Wildman–Crippen LogP) is 2.43. The van der Waals surface area contributed by atoms with Crippen molar-refractivity contribution in [2.75, 3.05) is 18.6 Å². The van der Waals surface area contributed by atoms with Crippen LogP contribution < -0.4 is 10.1 Å². The lowest BCUT2D eigenvalue weighted by Crippen LogP contribution is -2.27. The summed E-state index contributed by atoms with van der Waals surface area (Å²) in [6, 6.07) is 10.3. The average molecular weight is 250 g/mol. The second-order valence-electron chi connectivity index (χ2n) is 3.83. The van der Waals surface area contributed by atoms with E-state index < -0.39 is 0 Å². The summed E-state index contributed by atoms with van der Waals surface area (Å²) in [6.07, 6.45) is 2.11. The van der Waals surface area contributed by atoms with Gasteiger partial charge < -0.3 is 10.1 Å². The van der Waals surface area contributed by atoms with Gasteiger partial charge in [-0.25, -0.2) is 0 Å². The maximum absolute atomic E-state index is 8.44. The van der Waals surface area contributed by atoms with Crippen LogP contribution in [0, 0.1) is 11.3 Å². The molecule has 0 aliphatic carbocycles. The molecule has 92 valence electrons. The Hall–Kier alpha value is -1.18. The van der Waals surface area contributed by atoms with E-state index in [1.807, 2.05) is 36.0 Å². The molecule has 4 heteroatoms. The molecule has 17 heavy (non-hydrogen) atoms. The number of hydrogen-bond acceptors (Lipinski definition) is 4. The maximum atomic E-state index is 8.44. The summed E-state index contributed by atoms with van der Waals surface area (Å²) in [5.41, 5.74) is 1.17. The van der Waals surface area contributed by atoms with Crippen LogP contribution in [0.1, 0.15) is 12.5 Å². The second kappa shape index (κ2) is 7.99. The van der Waals surface area contributed by atoms with Crippen molar-refractivity contribution in [3.8, 4) is 11.8 Å². The minimum absolute atomic E-state index is 0.0970.